The van der Waals surface area contributed by atoms with E-state index in [0.29, 0.717) is 16.6 Å². The predicted octanol–water partition coefficient (Wildman–Crippen LogP) is 2.79. The molecule has 0 radical (unpaired) electrons. The Morgan fingerprint density at radius 3 is 2.73 bits per heavy atom. The van der Waals surface area contributed by atoms with Crippen molar-refractivity contribution in [3.05, 3.63) is 35.4 Å². The molecular weight excluding hydrogens is 258 g/mol. The van der Waals surface area contributed by atoms with E-state index < -0.39 is 0 Å². The van der Waals surface area contributed by atoms with Crippen molar-refractivity contribution >= 4 is 27.4 Å². The molecule has 0 unspecified atom stereocenters. The lowest BCUT2D eigenvalue weighted by Crippen LogP contribution is -2.12. The maximum absolute atomic E-state index is 11.9. The largest absolute Gasteiger partial charge is 0.399 e. The van der Waals surface area contributed by atoms with Gasteiger partial charge in [-0.3, -0.25) is 4.79 Å². The van der Waals surface area contributed by atoms with Crippen LogP contribution in [0.1, 0.15) is 22.8 Å². The molecule has 0 bridgehead atoms. The summed E-state index contributed by atoms with van der Waals surface area (Å²) in [5, 5.41) is 4.28. The van der Waals surface area contributed by atoms with Gasteiger partial charge in [0.1, 0.15) is 12.8 Å². The monoisotopic (exact) mass is 269 g/mol. The van der Waals surface area contributed by atoms with E-state index >= 15 is 0 Å². The molecule has 4 heteroatoms. The van der Waals surface area contributed by atoms with Crippen molar-refractivity contribution < 1.29 is 9.63 Å². The first-order chi connectivity index (χ1) is 7.20. The molecule has 0 aliphatic rings. The van der Waals surface area contributed by atoms with Crippen LogP contribution in [0.15, 0.2) is 29.4 Å². The molecule has 0 atom stereocenters. The highest BCUT2D eigenvalue weighted by molar-refractivity contribution is 9.08. The maximum atomic E-state index is 11.9. The van der Waals surface area contributed by atoms with E-state index in [1.807, 2.05) is 18.2 Å². The van der Waals surface area contributed by atoms with E-state index in [-0.39, 0.29) is 5.78 Å². The van der Waals surface area contributed by atoms with Gasteiger partial charge in [-0.05, 0) is 12.5 Å². The molecule has 1 aromatic carbocycles. The van der Waals surface area contributed by atoms with Crippen molar-refractivity contribution in [2.75, 3.05) is 7.11 Å². The molecule has 0 saturated heterocycles. The van der Waals surface area contributed by atoms with Crippen LogP contribution in [0.2, 0.25) is 0 Å². The first kappa shape index (κ1) is 11.9. The second kappa shape index (κ2) is 5.66. The standard InChI is InChI=1S/C11H12BrNO2/c1-8(13-15-2)11(14)10-6-4-3-5-9(10)7-12/h3-6H,7H2,1-2H3. The average Bonchev–Trinajstić information content (AvgIpc) is 2.28. The Labute approximate surface area is 97.2 Å². The number of oxime groups is 1. The summed E-state index contributed by atoms with van der Waals surface area (Å²) >= 11 is 3.34. The summed E-state index contributed by atoms with van der Waals surface area (Å²) in [4.78, 5) is 16.5. The van der Waals surface area contributed by atoms with Crippen LogP contribution in [0, 0.1) is 0 Å². The minimum absolute atomic E-state index is 0.105. The van der Waals surface area contributed by atoms with Gasteiger partial charge in [0.2, 0.25) is 5.78 Å². The van der Waals surface area contributed by atoms with E-state index in [2.05, 4.69) is 25.9 Å². The molecule has 0 amide bonds. The number of ketones is 1. The van der Waals surface area contributed by atoms with E-state index in [1.54, 1.807) is 13.0 Å². The van der Waals surface area contributed by atoms with E-state index in [0.717, 1.165) is 5.56 Å². The van der Waals surface area contributed by atoms with Crippen molar-refractivity contribution in [3.63, 3.8) is 0 Å². The lowest BCUT2D eigenvalue weighted by Gasteiger charge is -2.04. The summed E-state index contributed by atoms with van der Waals surface area (Å²) in [6, 6.07) is 7.42. The Morgan fingerprint density at radius 1 is 1.47 bits per heavy atom. The van der Waals surface area contributed by atoms with Gasteiger partial charge in [-0.2, -0.15) is 0 Å². The van der Waals surface area contributed by atoms with Crippen LogP contribution >= 0.6 is 15.9 Å². The third-order valence-electron chi connectivity index (χ3n) is 1.96. The Bertz CT molecular complexity index is 388. The molecule has 0 aromatic heterocycles. The molecule has 0 aliphatic heterocycles. The second-order valence-corrected chi connectivity index (χ2v) is 3.54. The molecule has 3 nitrogen and oxygen atoms in total. The molecule has 80 valence electrons. The maximum Gasteiger partial charge on any atom is 0.210 e. The molecule has 0 N–H and O–H groups in total. The van der Waals surface area contributed by atoms with Gasteiger partial charge in [-0.15, -0.1) is 0 Å². The van der Waals surface area contributed by atoms with Crippen LogP contribution in [-0.2, 0) is 10.2 Å². The topological polar surface area (TPSA) is 38.7 Å². The van der Waals surface area contributed by atoms with Crippen LogP contribution < -0.4 is 0 Å². The Morgan fingerprint density at radius 2 is 2.13 bits per heavy atom. The molecule has 1 rings (SSSR count). The first-order valence-corrected chi connectivity index (χ1v) is 5.59. The number of hydrogen-bond donors (Lipinski definition) is 0. The number of hydrogen-bond acceptors (Lipinski definition) is 3. The third kappa shape index (κ3) is 2.89. The minimum Gasteiger partial charge on any atom is -0.399 e. The van der Waals surface area contributed by atoms with Crippen molar-refractivity contribution in [2.24, 2.45) is 5.16 Å². The summed E-state index contributed by atoms with van der Waals surface area (Å²) in [7, 11) is 1.42. The van der Waals surface area contributed by atoms with Crippen LogP contribution in [0.25, 0.3) is 0 Å². The Hall–Kier alpha value is -1.16. The molecule has 0 heterocycles. The van der Waals surface area contributed by atoms with E-state index in [9.17, 15) is 4.79 Å². The van der Waals surface area contributed by atoms with Crippen molar-refractivity contribution in [3.8, 4) is 0 Å². The molecular formula is C11H12BrNO2. The number of nitrogens with zero attached hydrogens (tertiary/aromatic N) is 1. The first-order valence-electron chi connectivity index (χ1n) is 4.47. The number of rotatable bonds is 4. The number of carbonyl (C=O) groups is 1. The van der Waals surface area contributed by atoms with Gasteiger partial charge in [0.05, 0.1) is 0 Å². The number of halogens is 1. The number of benzene rings is 1. The summed E-state index contributed by atoms with van der Waals surface area (Å²) < 4.78 is 0. The van der Waals surface area contributed by atoms with E-state index in [4.69, 9.17) is 0 Å². The van der Waals surface area contributed by atoms with Crippen molar-refractivity contribution in [1.29, 1.82) is 0 Å². The van der Waals surface area contributed by atoms with Crippen molar-refractivity contribution in [2.45, 2.75) is 12.3 Å². The molecule has 0 spiro atoms. The smallest absolute Gasteiger partial charge is 0.210 e. The molecule has 1 aromatic rings. The number of Topliss-reactive ketones (excluding diaryl/α,β-unsaturated/α-hetero) is 1. The summed E-state index contributed by atoms with van der Waals surface area (Å²) in [5.74, 6) is -0.105. The van der Waals surface area contributed by atoms with Crippen LogP contribution in [0.4, 0.5) is 0 Å². The van der Waals surface area contributed by atoms with Gasteiger partial charge in [0.25, 0.3) is 0 Å². The van der Waals surface area contributed by atoms with Gasteiger partial charge in [0, 0.05) is 10.9 Å². The van der Waals surface area contributed by atoms with Crippen LogP contribution in [0.5, 0.6) is 0 Å². The minimum atomic E-state index is -0.105. The van der Waals surface area contributed by atoms with Crippen LogP contribution in [-0.4, -0.2) is 18.6 Å². The van der Waals surface area contributed by atoms with E-state index in [1.165, 1.54) is 7.11 Å². The Balaban J connectivity index is 3.05. The Kier molecular flexibility index (Phi) is 4.49. The second-order valence-electron chi connectivity index (χ2n) is 2.98. The summed E-state index contributed by atoms with van der Waals surface area (Å²) in [6.45, 7) is 1.64. The quantitative estimate of drug-likeness (QED) is 0.365. The number of alkyl halides is 1. The molecule has 0 saturated carbocycles. The third-order valence-corrected chi connectivity index (χ3v) is 2.57. The van der Waals surface area contributed by atoms with Gasteiger partial charge in [0.15, 0.2) is 0 Å². The molecule has 0 fully saturated rings. The van der Waals surface area contributed by atoms with Gasteiger partial charge >= 0.3 is 0 Å². The average molecular weight is 270 g/mol. The van der Waals surface area contributed by atoms with Crippen LogP contribution in [0.3, 0.4) is 0 Å². The van der Waals surface area contributed by atoms with Gasteiger partial charge in [-0.25, -0.2) is 0 Å². The highest BCUT2D eigenvalue weighted by Gasteiger charge is 2.13. The van der Waals surface area contributed by atoms with Crippen molar-refractivity contribution in [1.82, 2.24) is 0 Å². The summed E-state index contributed by atoms with van der Waals surface area (Å²) in [6.07, 6.45) is 0. The number of carbonyl (C=O) groups excluding carboxylic acids is 1. The zero-order valence-electron chi connectivity index (χ0n) is 8.66. The SMILES string of the molecule is CON=C(C)C(=O)c1ccccc1CBr. The predicted molar refractivity (Wildman–Crippen MR) is 63.5 cm³/mol. The molecule has 0 aliphatic carbocycles. The normalized spacial score (nSPS) is 11.3. The summed E-state index contributed by atoms with van der Waals surface area (Å²) in [5.41, 5.74) is 1.96. The fourth-order valence-corrected chi connectivity index (χ4v) is 1.72. The zero-order chi connectivity index (χ0) is 11.3. The highest BCUT2D eigenvalue weighted by Crippen LogP contribution is 2.13. The fraction of sp³-hybridized carbons (Fsp3) is 0.273. The molecule has 15 heavy (non-hydrogen) atoms. The lowest BCUT2D eigenvalue weighted by molar-refractivity contribution is 0.105. The lowest BCUT2D eigenvalue weighted by atomic mass is 10.0. The highest BCUT2D eigenvalue weighted by atomic mass is 79.9. The fourth-order valence-electron chi connectivity index (χ4n) is 1.23. The zero-order valence-corrected chi connectivity index (χ0v) is 10.2. The van der Waals surface area contributed by atoms with Gasteiger partial charge in [-0.1, -0.05) is 45.4 Å². The van der Waals surface area contributed by atoms with Gasteiger partial charge < -0.3 is 4.84 Å².